The average Bonchev–Trinajstić information content (AvgIpc) is 2.79. The van der Waals surface area contributed by atoms with Crippen molar-refractivity contribution in [2.75, 3.05) is 26.2 Å². The van der Waals surface area contributed by atoms with E-state index in [0.717, 1.165) is 51.4 Å². The SMILES string of the molecule is CCN(CC)Cc1cccc(CN2C[C@@H](C)N(Cc3ccc(/C=C/C(=O)O)cc3)[C@@H](C)C2)c1. The number of piperazine rings is 1. The predicted molar refractivity (Wildman–Crippen MR) is 136 cm³/mol. The topological polar surface area (TPSA) is 47.0 Å². The number of carboxylic acid groups (broad SMARTS) is 1. The quantitative estimate of drug-likeness (QED) is 0.532. The lowest BCUT2D eigenvalue weighted by Crippen LogP contribution is -2.55. The van der Waals surface area contributed by atoms with Gasteiger partial charge in [-0.1, -0.05) is 62.4 Å². The molecule has 5 heteroatoms. The predicted octanol–water partition coefficient (Wildman–Crippen LogP) is 4.72. The molecule has 0 radical (unpaired) electrons. The van der Waals surface area contributed by atoms with Crippen molar-refractivity contribution in [2.24, 2.45) is 0 Å². The Morgan fingerprint density at radius 2 is 1.61 bits per heavy atom. The second-order valence-electron chi connectivity index (χ2n) is 9.26. The molecule has 33 heavy (non-hydrogen) atoms. The monoisotopic (exact) mass is 449 g/mol. The van der Waals surface area contributed by atoms with Crippen LogP contribution in [0, 0.1) is 0 Å². The Bertz CT molecular complexity index is 909. The van der Waals surface area contributed by atoms with Gasteiger partial charge in [0.25, 0.3) is 0 Å². The van der Waals surface area contributed by atoms with Crippen LogP contribution in [0.4, 0.5) is 0 Å². The summed E-state index contributed by atoms with van der Waals surface area (Å²) in [6.07, 6.45) is 2.81. The van der Waals surface area contributed by atoms with Crippen molar-refractivity contribution in [3.05, 3.63) is 76.9 Å². The van der Waals surface area contributed by atoms with Crippen molar-refractivity contribution < 1.29 is 9.90 Å². The minimum atomic E-state index is -0.921. The first-order chi connectivity index (χ1) is 15.9. The van der Waals surface area contributed by atoms with Crippen molar-refractivity contribution in [2.45, 2.75) is 59.4 Å². The van der Waals surface area contributed by atoms with E-state index in [0.29, 0.717) is 12.1 Å². The highest BCUT2D eigenvalue weighted by Gasteiger charge is 2.29. The number of carbonyl (C=O) groups is 1. The Hall–Kier alpha value is -2.47. The zero-order valence-corrected chi connectivity index (χ0v) is 20.6. The number of hydrogen-bond acceptors (Lipinski definition) is 4. The molecule has 0 saturated carbocycles. The molecule has 0 spiro atoms. The molecule has 1 N–H and O–H groups in total. The lowest BCUT2D eigenvalue weighted by atomic mass is 10.0. The second kappa shape index (κ2) is 12.1. The van der Waals surface area contributed by atoms with Gasteiger partial charge in [-0.05, 0) is 55.3 Å². The fourth-order valence-electron chi connectivity index (χ4n) is 4.81. The van der Waals surface area contributed by atoms with Gasteiger partial charge in [-0.3, -0.25) is 14.7 Å². The first kappa shape index (κ1) is 25.2. The van der Waals surface area contributed by atoms with Crippen molar-refractivity contribution in [3.8, 4) is 0 Å². The summed E-state index contributed by atoms with van der Waals surface area (Å²) in [5.41, 5.74) is 4.98. The first-order valence-corrected chi connectivity index (χ1v) is 12.2. The number of rotatable bonds is 10. The molecule has 2 atom stereocenters. The highest BCUT2D eigenvalue weighted by atomic mass is 16.4. The van der Waals surface area contributed by atoms with Crippen molar-refractivity contribution in [1.82, 2.24) is 14.7 Å². The lowest BCUT2D eigenvalue weighted by molar-refractivity contribution is -0.131. The van der Waals surface area contributed by atoms with Gasteiger partial charge in [0, 0.05) is 50.9 Å². The Labute approximate surface area is 199 Å². The molecule has 0 aromatic heterocycles. The molecule has 1 aliphatic heterocycles. The summed E-state index contributed by atoms with van der Waals surface area (Å²) in [4.78, 5) is 18.3. The maximum atomic E-state index is 10.7. The molecule has 1 heterocycles. The van der Waals surface area contributed by atoms with Crippen molar-refractivity contribution >= 4 is 12.0 Å². The summed E-state index contributed by atoms with van der Waals surface area (Å²) in [6, 6.07) is 18.2. The van der Waals surface area contributed by atoms with E-state index in [2.05, 4.69) is 78.8 Å². The smallest absolute Gasteiger partial charge is 0.328 e. The zero-order valence-electron chi connectivity index (χ0n) is 20.6. The molecule has 0 unspecified atom stereocenters. The highest BCUT2D eigenvalue weighted by molar-refractivity contribution is 5.85. The maximum Gasteiger partial charge on any atom is 0.328 e. The van der Waals surface area contributed by atoms with Crippen LogP contribution < -0.4 is 0 Å². The normalized spacial score (nSPS) is 20.0. The van der Waals surface area contributed by atoms with E-state index in [1.807, 2.05) is 12.1 Å². The van der Waals surface area contributed by atoms with Crippen LogP contribution in [-0.4, -0.2) is 64.0 Å². The maximum absolute atomic E-state index is 10.7. The fourth-order valence-corrected chi connectivity index (χ4v) is 4.81. The van der Waals surface area contributed by atoms with Gasteiger partial charge < -0.3 is 5.11 Å². The molecule has 1 fully saturated rings. The summed E-state index contributed by atoms with van der Waals surface area (Å²) < 4.78 is 0. The number of nitrogens with zero attached hydrogens (tertiary/aromatic N) is 3. The standard InChI is InChI=1S/C28H39N3O2/c1-5-29(6-2)19-26-8-7-9-27(16-26)20-30-17-22(3)31(23(4)18-30)21-25-12-10-24(11-13-25)14-15-28(32)33/h7-16,22-23H,5-6,17-21H2,1-4H3,(H,32,33)/b15-14+/t22-,23+. The molecule has 1 aliphatic rings. The van der Waals surface area contributed by atoms with Crippen LogP contribution in [0.15, 0.2) is 54.6 Å². The Morgan fingerprint density at radius 3 is 2.21 bits per heavy atom. The van der Waals surface area contributed by atoms with Gasteiger partial charge in [-0.25, -0.2) is 4.79 Å². The molecule has 178 valence electrons. The van der Waals surface area contributed by atoms with E-state index in [1.165, 1.54) is 22.8 Å². The molecule has 0 aliphatic carbocycles. The summed E-state index contributed by atoms with van der Waals surface area (Å²) in [6.45, 7) is 16.3. The number of hydrogen-bond donors (Lipinski definition) is 1. The third-order valence-electron chi connectivity index (χ3n) is 6.64. The van der Waals surface area contributed by atoms with E-state index in [1.54, 1.807) is 6.08 Å². The highest BCUT2D eigenvalue weighted by Crippen LogP contribution is 2.21. The summed E-state index contributed by atoms with van der Waals surface area (Å²) in [5, 5.41) is 8.79. The van der Waals surface area contributed by atoms with Crippen LogP contribution in [-0.2, 0) is 24.4 Å². The van der Waals surface area contributed by atoms with E-state index in [9.17, 15) is 4.79 Å². The number of carboxylic acids is 1. The third kappa shape index (κ3) is 7.53. The minimum Gasteiger partial charge on any atom is -0.478 e. The van der Waals surface area contributed by atoms with Gasteiger partial charge in [0.1, 0.15) is 0 Å². The minimum absolute atomic E-state index is 0.471. The van der Waals surface area contributed by atoms with Crippen LogP contribution >= 0.6 is 0 Å². The molecule has 5 nitrogen and oxygen atoms in total. The lowest BCUT2D eigenvalue weighted by Gasteiger charge is -2.44. The molecule has 2 aromatic carbocycles. The molecule has 1 saturated heterocycles. The molecule has 2 aromatic rings. The summed E-state index contributed by atoms with van der Waals surface area (Å²) in [7, 11) is 0. The summed E-state index contributed by atoms with van der Waals surface area (Å²) >= 11 is 0. The van der Waals surface area contributed by atoms with Crippen LogP contribution in [0.2, 0.25) is 0 Å². The van der Waals surface area contributed by atoms with E-state index in [-0.39, 0.29) is 0 Å². The van der Waals surface area contributed by atoms with Gasteiger partial charge in [0.05, 0.1) is 0 Å². The molecular weight excluding hydrogens is 410 g/mol. The molecular formula is C28H39N3O2. The van der Waals surface area contributed by atoms with E-state index < -0.39 is 5.97 Å². The molecule has 0 amide bonds. The van der Waals surface area contributed by atoms with Gasteiger partial charge in [-0.15, -0.1) is 0 Å². The van der Waals surface area contributed by atoms with Gasteiger partial charge in [0.2, 0.25) is 0 Å². The van der Waals surface area contributed by atoms with Crippen LogP contribution in [0.3, 0.4) is 0 Å². The van der Waals surface area contributed by atoms with Crippen molar-refractivity contribution in [1.29, 1.82) is 0 Å². The number of benzene rings is 2. The number of aliphatic carboxylic acids is 1. The fraction of sp³-hybridized carbons (Fsp3) is 0.464. The Balaban J connectivity index is 1.57. The second-order valence-corrected chi connectivity index (χ2v) is 9.26. The van der Waals surface area contributed by atoms with E-state index >= 15 is 0 Å². The Morgan fingerprint density at radius 1 is 0.970 bits per heavy atom. The van der Waals surface area contributed by atoms with Crippen LogP contribution in [0.25, 0.3) is 6.08 Å². The van der Waals surface area contributed by atoms with Crippen LogP contribution in [0.1, 0.15) is 49.9 Å². The molecule has 0 bridgehead atoms. The van der Waals surface area contributed by atoms with Gasteiger partial charge in [0.15, 0.2) is 0 Å². The van der Waals surface area contributed by atoms with Crippen molar-refractivity contribution in [3.63, 3.8) is 0 Å². The Kier molecular flexibility index (Phi) is 9.24. The van der Waals surface area contributed by atoms with Gasteiger partial charge >= 0.3 is 5.97 Å². The zero-order chi connectivity index (χ0) is 23.8. The van der Waals surface area contributed by atoms with E-state index in [4.69, 9.17) is 5.11 Å². The largest absolute Gasteiger partial charge is 0.478 e. The average molecular weight is 450 g/mol. The third-order valence-corrected chi connectivity index (χ3v) is 6.64. The summed E-state index contributed by atoms with van der Waals surface area (Å²) in [5.74, 6) is -0.921. The molecule has 3 rings (SSSR count). The van der Waals surface area contributed by atoms with Crippen LogP contribution in [0.5, 0.6) is 0 Å². The van der Waals surface area contributed by atoms with Gasteiger partial charge in [-0.2, -0.15) is 0 Å². The first-order valence-electron chi connectivity index (χ1n) is 12.2.